The third-order valence-electron chi connectivity index (χ3n) is 5.51. The molecule has 0 atom stereocenters. The number of amides is 3. The molecular formula is C28H24Cl2N2O5S. The van der Waals surface area contributed by atoms with E-state index in [-0.39, 0.29) is 18.1 Å². The number of thioether (sulfide) groups is 1. The van der Waals surface area contributed by atoms with Gasteiger partial charge < -0.3 is 14.8 Å². The first kappa shape index (κ1) is 27.6. The van der Waals surface area contributed by atoms with Gasteiger partial charge in [0, 0.05) is 21.3 Å². The third-order valence-corrected chi connectivity index (χ3v) is 7.13. The molecule has 0 bridgehead atoms. The Kier molecular flexibility index (Phi) is 8.99. The average molecular weight is 571 g/mol. The van der Waals surface area contributed by atoms with Crippen molar-refractivity contribution in [2.24, 2.45) is 0 Å². The van der Waals surface area contributed by atoms with Gasteiger partial charge in [0.25, 0.3) is 11.1 Å². The maximum absolute atomic E-state index is 12.9. The topological polar surface area (TPSA) is 84.9 Å². The van der Waals surface area contributed by atoms with Gasteiger partial charge >= 0.3 is 0 Å². The standard InChI is InChI=1S/C28H24Cl2N2O5S/c1-3-36-24-13-18(9-12-23(24)37-16-20-21(29)5-4-6-22(20)30)14-25-27(34)32(28(35)38-25)15-26(33)31-19-10-7-17(2)8-11-19/h4-14H,3,15-16H2,1-2H3,(H,31,33)/b25-14-. The molecule has 1 aliphatic rings. The lowest BCUT2D eigenvalue weighted by molar-refractivity contribution is -0.127. The minimum Gasteiger partial charge on any atom is -0.490 e. The zero-order chi connectivity index (χ0) is 27.2. The first-order chi connectivity index (χ1) is 18.2. The first-order valence-electron chi connectivity index (χ1n) is 11.7. The number of ether oxygens (including phenoxy) is 2. The predicted octanol–water partition coefficient (Wildman–Crippen LogP) is 6.95. The van der Waals surface area contributed by atoms with Gasteiger partial charge in [-0.2, -0.15) is 0 Å². The number of aryl methyl sites for hydroxylation is 1. The van der Waals surface area contributed by atoms with Gasteiger partial charge in [-0.25, -0.2) is 0 Å². The summed E-state index contributed by atoms with van der Waals surface area (Å²) >= 11 is 13.3. The van der Waals surface area contributed by atoms with Crippen molar-refractivity contribution < 1.29 is 23.9 Å². The van der Waals surface area contributed by atoms with Crippen molar-refractivity contribution in [3.8, 4) is 11.5 Å². The summed E-state index contributed by atoms with van der Waals surface area (Å²) in [7, 11) is 0. The number of nitrogens with zero attached hydrogens (tertiary/aromatic N) is 1. The number of carbonyl (C=O) groups excluding carboxylic acids is 3. The number of anilines is 1. The summed E-state index contributed by atoms with van der Waals surface area (Å²) in [5, 5.41) is 3.18. The highest BCUT2D eigenvalue weighted by Gasteiger charge is 2.36. The van der Waals surface area contributed by atoms with Crippen LogP contribution in [0.15, 0.2) is 65.6 Å². The van der Waals surface area contributed by atoms with Crippen LogP contribution in [0.4, 0.5) is 10.5 Å². The summed E-state index contributed by atoms with van der Waals surface area (Å²) in [6.45, 7) is 3.93. The van der Waals surface area contributed by atoms with Crippen molar-refractivity contribution in [2.75, 3.05) is 18.5 Å². The van der Waals surface area contributed by atoms with Crippen LogP contribution in [0, 0.1) is 6.92 Å². The maximum Gasteiger partial charge on any atom is 0.294 e. The van der Waals surface area contributed by atoms with Gasteiger partial charge in [-0.15, -0.1) is 0 Å². The quantitative estimate of drug-likeness (QED) is 0.280. The average Bonchev–Trinajstić information content (AvgIpc) is 3.13. The Morgan fingerprint density at radius 2 is 1.71 bits per heavy atom. The van der Waals surface area contributed by atoms with Crippen LogP contribution in [0.2, 0.25) is 10.0 Å². The van der Waals surface area contributed by atoms with E-state index in [4.69, 9.17) is 32.7 Å². The van der Waals surface area contributed by atoms with E-state index in [2.05, 4.69) is 5.32 Å². The number of halogens is 2. The predicted molar refractivity (Wildman–Crippen MR) is 151 cm³/mol. The zero-order valence-corrected chi connectivity index (χ0v) is 23.0. The lowest BCUT2D eigenvalue weighted by Crippen LogP contribution is -2.36. The van der Waals surface area contributed by atoms with Crippen LogP contribution in [0.5, 0.6) is 11.5 Å². The van der Waals surface area contributed by atoms with E-state index in [1.165, 1.54) is 0 Å². The van der Waals surface area contributed by atoms with Crippen LogP contribution in [0.1, 0.15) is 23.6 Å². The lowest BCUT2D eigenvalue weighted by atomic mass is 10.1. The number of nitrogens with one attached hydrogen (secondary N) is 1. The molecule has 1 fully saturated rings. The number of benzene rings is 3. The summed E-state index contributed by atoms with van der Waals surface area (Å²) in [4.78, 5) is 39.0. The Hall–Kier alpha value is -3.46. The van der Waals surface area contributed by atoms with Crippen LogP contribution in [-0.2, 0) is 16.2 Å². The molecule has 0 aliphatic carbocycles. The second-order valence-electron chi connectivity index (χ2n) is 8.31. The summed E-state index contributed by atoms with van der Waals surface area (Å²) < 4.78 is 11.7. The normalized spacial score (nSPS) is 14.2. The molecule has 1 aliphatic heterocycles. The monoisotopic (exact) mass is 570 g/mol. The van der Waals surface area contributed by atoms with Gasteiger partial charge in [0.15, 0.2) is 11.5 Å². The Balaban J connectivity index is 1.46. The van der Waals surface area contributed by atoms with E-state index in [9.17, 15) is 14.4 Å². The smallest absolute Gasteiger partial charge is 0.294 e. The number of hydrogen-bond donors (Lipinski definition) is 1. The van der Waals surface area contributed by atoms with E-state index in [1.54, 1.807) is 54.6 Å². The molecule has 0 spiro atoms. The molecular weight excluding hydrogens is 547 g/mol. The van der Waals surface area contributed by atoms with E-state index >= 15 is 0 Å². The summed E-state index contributed by atoms with van der Waals surface area (Å²) in [5.74, 6) is -0.0659. The molecule has 0 unspecified atom stereocenters. The molecule has 10 heteroatoms. The van der Waals surface area contributed by atoms with E-state index in [1.807, 2.05) is 26.0 Å². The highest BCUT2D eigenvalue weighted by Crippen LogP contribution is 2.35. The van der Waals surface area contributed by atoms with Gasteiger partial charge in [0.2, 0.25) is 5.91 Å². The molecule has 1 saturated heterocycles. The molecule has 38 heavy (non-hydrogen) atoms. The second kappa shape index (κ2) is 12.4. The highest BCUT2D eigenvalue weighted by molar-refractivity contribution is 8.18. The van der Waals surface area contributed by atoms with Crippen LogP contribution < -0.4 is 14.8 Å². The van der Waals surface area contributed by atoms with Crippen LogP contribution >= 0.6 is 35.0 Å². The van der Waals surface area contributed by atoms with E-state index in [0.29, 0.717) is 45.0 Å². The molecule has 0 radical (unpaired) electrons. The van der Waals surface area contributed by atoms with Crippen molar-refractivity contribution in [2.45, 2.75) is 20.5 Å². The minimum atomic E-state index is -0.536. The van der Waals surface area contributed by atoms with Crippen molar-refractivity contribution in [3.05, 3.63) is 92.3 Å². The van der Waals surface area contributed by atoms with Crippen LogP contribution in [0.3, 0.4) is 0 Å². The molecule has 3 aromatic rings. The Bertz CT molecular complexity index is 1390. The van der Waals surface area contributed by atoms with Gasteiger partial charge in [0.05, 0.1) is 11.5 Å². The Morgan fingerprint density at radius 3 is 2.39 bits per heavy atom. The van der Waals surface area contributed by atoms with Crippen LogP contribution in [0.25, 0.3) is 6.08 Å². The molecule has 196 valence electrons. The van der Waals surface area contributed by atoms with E-state index in [0.717, 1.165) is 22.2 Å². The van der Waals surface area contributed by atoms with Gasteiger partial charge in [-0.1, -0.05) is 53.0 Å². The van der Waals surface area contributed by atoms with Crippen molar-refractivity contribution in [1.82, 2.24) is 4.90 Å². The zero-order valence-electron chi connectivity index (χ0n) is 20.6. The minimum absolute atomic E-state index is 0.140. The molecule has 1 N–H and O–H groups in total. The molecule has 7 nitrogen and oxygen atoms in total. The number of carbonyl (C=O) groups is 3. The molecule has 1 heterocycles. The summed E-state index contributed by atoms with van der Waals surface area (Å²) in [5.41, 5.74) is 2.93. The van der Waals surface area contributed by atoms with E-state index < -0.39 is 17.1 Å². The number of hydrogen-bond acceptors (Lipinski definition) is 6. The highest BCUT2D eigenvalue weighted by atomic mass is 35.5. The van der Waals surface area contributed by atoms with Gasteiger partial charge in [0.1, 0.15) is 13.2 Å². The van der Waals surface area contributed by atoms with Crippen LogP contribution in [-0.4, -0.2) is 35.1 Å². The van der Waals surface area contributed by atoms with Crippen molar-refractivity contribution in [3.63, 3.8) is 0 Å². The Labute approximate surface area is 234 Å². The second-order valence-corrected chi connectivity index (χ2v) is 10.1. The molecule has 3 amide bonds. The number of rotatable bonds is 9. The maximum atomic E-state index is 12.9. The molecule has 3 aromatic carbocycles. The molecule has 0 saturated carbocycles. The molecule has 4 rings (SSSR count). The van der Waals surface area contributed by atoms with Crippen molar-refractivity contribution in [1.29, 1.82) is 0 Å². The SMILES string of the molecule is CCOc1cc(/C=C2\SC(=O)N(CC(=O)Nc3ccc(C)cc3)C2=O)ccc1OCc1c(Cl)cccc1Cl. The fourth-order valence-corrected chi connectivity index (χ4v) is 4.94. The summed E-state index contributed by atoms with van der Waals surface area (Å²) in [6.07, 6.45) is 1.58. The fraction of sp³-hybridized carbons (Fsp3) is 0.179. The number of imide groups is 1. The largest absolute Gasteiger partial charge is 0.490 e. The summed E-state index contributed by atoms with van der Waals surface area (Å²) in [6, 6.07) is 17.6. The van der Waals surface area contributed by atoms with Crippen molar-refractivity contribution >= 4 is 63.8 Å². The third kappa shape index (κ3) is 6.69. The Morgan fingerprint density at radius 1 is 1.00 bits per heavy atom. The lowest BCUT2D eigenvalue weighted by Gasteiger charge is -2.14. The van der Waals surface area contributed by atoms with Gasteiger partial charge in [-0.3, -0.25) is 19.3 Å². The van der Waals surface area contributed by atoms with Gasteiger partial charge in [-0.05, 0) is 73.6 Å². The molecule has 0 aromatic heterocycles. The fourth-order valence-electron chi connectivity index (χ4n) is 3.59. The first-order valence-corrected chi connectivity index (χ1v) is 13.3.